The molecule has 0 N–H and O–H groups in total. The zero-order chi connectivity index (χ0) is 17.8. The van der Waals surface area contributed by atoms with Gasteiger partial charge in [0, 0.05) is 12.6 Å². The minimum Gasteiger partial charge on any atom is -0.454 e. The highest BCUT2D eigenvalue weighted by Crippen LogP contribution is 2.19. The van der Waals surface area contributed by atoms with E-state index < -0.39 is 11.7 Å². The number of amides is 1. The van der Waals surface area contributed by atoms with Crippen molar-refractivity contribution in [3.05, 3.63) is 34.8 Å². The van der Waals surface area contributed by atoms with Crippen LogP contribution < -0.4 is 5.76 Å². The van der Waals surface area contributed by atoms with Crippen molar-refractivity contribution in [2.24, 2.45) is 0 Å². The van der Waals surface area contributed by atoms with Gasteiger partial charge in [0.25, 0.3) is 5.91 Å². The van der Waals surface area contributed by atoms with E-state index in [1.165, 1.54) is 4.57 Å². The lowest BCUT2D eigenvalue weighted by Gasteiger charge is -2.35. The van der Waals surface area contributed by atoms with Crippen molar-refractivity contribution in [1.29, 1.82) is 0 Å². The highest BCUT2D eigenvalue weighted by Gasteiger charge is 2.26. The van der Waals surface area contributed by atoms with Gasteiger partial charge in [-0.15, -0.1) is 0 Å². The third kappa shape index (κ3) is 3.75. The Morgan fingerprint density at radius 2 is 2.08 bits per heavy atom. The second-order valence-electron chi connectivity index (χ2n) is 6.23. The van der Waals surface area contributed by atoms with Crippen molar-refractivity contribution in [2.45, 2.75) is 45.2 Å². The number of rotatable bonds is 5. The van der Waals surface area contributed by atoms with Crippen LogP contribution in [0.15, 0.2) is 33.5 Å². The Morgan fingerprint density at radius 1 is 1.28 bits per heavy atom. The molecule has 1 atom stereocenters. The Morgan fingerprint density at radius 3 is 2.88 bits per heavy atom. The molecule has 1 saturated heterocycles. The highest BCUT2D eigenvalue weighted by atomic mass is 16.5. The number of fused-ring (bicyclic) bond motifs is 1. The maximum Gasteiger partial charge on any atom is 0.420 e. The lowest BCUT2D eigenvalue weighted by molar-refractivity contribution is -0.154. The number of carbonyl (C=O) groups is 2. The molecule has 0 spiro atoms. The van der Waals surface area contributed by atoms with Crippen molar-refractivity contribution in [2.75, 3.05) is 13.2 Å². The average molecular weight is 346 g/mol. The average Bonchev–Trinajstić information content (AvgIpc) is 2.95. The minimum absolute atomic E-state index is 0.177. The number of benzene rings is 1. The van der Waals surface area contributed by atoms with Crippen molar-refractivity contribution in [3.63, 3.8) is 0 Å². The molecule has 0 bridgehead atoms. The summed E-state index contributed by atoms with van der Waals surface area (Å²) in [7, 11) is 0. The van der Waals surface area contributed by atoms with Crippen molar-refractivity contribution < 1.29 is 18.7 Å². The van der Waals surface area contributed by atoms with Crippen LogP contribution in [0.25, 0.3) is 11.1 Å². The zero-order valence-electron chi connectivity index (χ0n) is 14.3. The fraction of sp³-hybridized carbons (Fsp3) is 0.500. The minimum atomic E-state index is -0.632. The molecule has 3 rings (SSSR count). The Labute approximate surface area is 145 Å². The van der Waals surface area contributed by atoms with Crippen LogP contribution in [0.2, 0.25) is 0 Å². The van der Waals surface area contributed by atoms with Gasteiger partial charge in [0.05, 0.1) is 5.52 Å². The molecule has 1 aromatic heterocycles. The van der Waals surface area contributed by atoms with Crippen LogP contribution in [0.4, 0.5) is 0 Å². The Balaban J connectivity index is 1.60. The Kier molecular flexibility index (Phi) is 5.21. The molecule has 1 aromatic carbocycles. The van der Waals surface area contributed by atoms with E-state index in [0.29, 0.717) is 17.6 Å². The van der Waals surface area contributed by atoms with Crippen LogP contribution in [0.5, 0.6) is 0 Å². The zero-order valence-corrected chi connectivity index (χ0v) is 14.3. The second-order valence-corrected chi connectivity index (χ2v) is 6.23. The molecule has 0 saturated carbocycles. The van der Waals surface area contributed by atoms with Gasteiger partial charge in [-0.05, 0) is 37.8 Å². The van der Waals surface area contributed by atoms with E-state index in [0.717, 1.165) is 25.7 Å². The molecule has 134 valence electrons. The van der Waals surface area contributed by atoms with E-state index in [4.69, 9.17) is 9.15 Å². The first-order valence-corrected chi connectivity index (χ1v) is 8.63. The van der Waals surface area contributed by atoms with Crippen LogP contribution in [-0.2, 0) is 20.9 Å². The van der Waals surface area contributed by atoms with Gasteiger partial charge in [-0.2, -0.15) is 0 Å². The number of esters is 1. The van der Waals surface area contributed by atoms with Crippen LogP contribution in [0.3, 0.4) is 0 Å². The summed E-state index contributed by atoms with van der Waals surface area (Å²) in [5.41, 5.74) is 0.938. The molecule has 2 heterocycles. The van der Waals surface area contributed by atoms with Gasteiger partial charge in [-0.1, -0.05) is 19.1 Å². The quantitative estimate of drug-likeness (QED) is 0.773. The third-order valence-electron chi connectivity index (χ3n) is 4.64. The summed E-state index contributed by atoms with van der Waals surface area (Å²) in [6.45, 7) is 2.19. The fourth-order valence-electron chi connectivity index (χ4n) is 3.32. The molecule has 25 heavy (non-hydrogen) atoms. The molecule has 1 aliphatic rings. The van der Waals surface area contributed by atoms with Gasteiger partial charge in [-0.25, -0.2) is 4.79 Å². The van der Waals surface area contributed by atoms with Gasteiger partial charge in [-0.3, -0.25) is 14.2 Å². The molecule has 0 unspecified atom stereocenters. The summed E-state index contributed by atoms with van der Waals surface area (Å²) in [6, 6.07) is 7.07. The van der Waals surface area contributed by atoms with E-state index in [1.807, 2.05) is 0 Å². The molecule has 2 aromatic rings. The Hall–Kier alpha value is -2.57. The molecule has 7 nitrogen and oxygen atoms in total. The van der Waals surface area contributed by atoms with Gasteiger partial charge < -0.3 is 14.1 Å². The van der Waals surface area contributed by atoms with E-state index in [9.17, 15) is 14.4 Å². The number of piperidine rings is 1. The van der Waals surface area contributed by atoms with Crippen LogP contribution in [0, 0.1) is 0 Å². The highest BCUT2D eigenvalue weighted by molar-refractivity contribution is 5.81. The van der Waals surface area contributed by atoms with E-state index in [2.05, 4.69) is 6.92 Å². The number of carbonyl (C=O) groups excluding carboxylic acids is 2. The summed E-state index contributed by atoms with van der Waals surface area (Å²) in [6.07, 6.45) is 3.99. The predicted octanol–water partition coefficient (Wildman–Crippen LogP) is 1.93. The van der Waals surface area contributed by atoms with Gasteiger partial charge in [0.2, 0.25) is 0 Å². The number of ether oxygens (including phenoxy) is 1. The first-order chi connectivity index (χ1) is 12.1. The number of para-hydroxylation sites is 2. The smallest absolute Gasteiger partial charge is 0.420 e. The summed E-state index contributed by atoms with van der Waals surface area (Å²) in [4.78, 5) is 38.0. The fourth-order valence-corrected chi connectivity index (χ4v) is 3.32. The molecule has 1 amide bonds. The molecule has 0 radical (unpaired) electrons. The van der Waals surface area contributed by atoms with Crippen LogP contribution in [-0.4, -0.2) is 40.5 Å². The van der Waals surface area contributed by atoms with Crippen LogP contribution in [0.1, 0.15) is 32.6 Å². The second kappa shape index (κ2) is 7.55. The first kappa shape index (κ1) is 17.3. The lowest BCUT2D eigenvalue weighted by Crippen LogP contribution is -2.45. The molecule has 0 aliphatic carbocycles. The van der Waals surface area contributed by atoms with Gasteiger partial charge in [0.1, 0.15) is 6.54 Å². The van der Waals surface area contributed by atoms with Crippen molar-refractivity contribution in [3.8, 4) is 0 Å². The number of hydrogen-bond acceptors (Lipinski definition) is 5. The largest absolute Gasteiger partial charge is 0.454 e. The standard InChI is InChI=1S/C18H22N2O5/c1-2-13-7-5-6-10-19(13)16(21)12-24-17(22)11-20-14-8-3-4-9-15(14)25-18(20)23/h3-4,8-9,13H,2,5-7,10-12H2,1H3/t13-/m1/s1. The number of aromatic nitrogens is 1. The maximum atomic E-state index is 12.3. The molecule has 1 aliphatic heterocycles. The summed E-state index contributed by atoms with van der Waals surface area (Å²) in [5, 5.41) is 0. The number of oxazole rings is 1. The van der Waals surface area contributed by atoms with E-state index >= 15 is 0 Å². The molecular formula is C18H22N2O5. The summed E-state index contributed by atoms with van der Waals surface area (Å²) < 4.78 is 11.4. The maximum absolute atomic E-state index is 12.3. The topological polar surface area (TPSA) is 81.8 Å². The third-order valence-corrected chi connectivity index (χ3v) is 4.64. The number of nitrogens with zero attached hydrogens (tertiary/aromatic N) is 2. The van der Waals surface area contributed by atoms with E-state index in [-0.39, 0.29) is 25.1 Å². The SMILES string of the molecule is CC[C@@H]1CCCCN1C(=O)COC(=O)Cn1c(=O)oc2ccccc21. The monoisotopic (exact) mass is 346 g/mol. The molecule has 7 heteroatoms. The summed E-state index contributed by atoms with van der Waals surface area (Å²) in [5.74, 6) is -1.43. The van der Waals surface area contributed by atoms with Crippen molar-refractivity contribution in [1.82, 2.24) is 9.47 Å². The van der Waals surface area contributed by atoms with Crippen LogP contribution >= 0.6 is 0 Å². The Bertz CT molecular complexity index is 822. The lowest BCUT2D eigenvalue weighted by atomic mass is 10.00. The molecule has 1 fully saturated rings. The number of likely N-dealkylation sites (tertiary alicyclic amines) is 1. The van der Waals surface area contributed by atoms with Crippen molar-refractivity contribution >= 4 is 23.0 Å². The normalized spacial score (nSPS) is 17.6. The van der Waals surface area contributed by atoms with E-state index in [1.54, 1.807) is 29.2 Å². The predicted molar refractivity (Wildman–Crippen MR) is 91.1 cm³/mol. The first-order valence-electron chi connectivity index (χ1n) is 8.63. The number of hydrogen-bond donors (Lipinski definition) is 0. The molecular weight excluding hydrogens is 324 g/mol. The van der Waals surface area contributed by atoms with Gasteiger partial charge >= 0.3 is 11.7 Å². The summed E-state index contributed by atoms with van der Waals surface area (Å²) >= 11 is 0. The van der Waals surface area contributed by atoms with Gasteiger partial charge in [0.15, 0.2) is 12.2 Å².